The summed E-state index contributed by atoms with van der Waals surface area (Å²) in [6, 6.07) is 17.8. The van der Waals surface area contributed by atoms with E-state index in [2.05, 4.69) is 5.32 Å². The molecule has 1 N–H and O–H groups in total. The summed E-state index contributed by atoms with van der Waals surface area (Å²) in [5.41, 5.74) is 1.92. The monoisotopic (exact) mass is 510 g/mol. The Morgan fingerprint density at radius 2 is 1.54 bits per heavy atom. The highest BCUT2D eigenvalue weighted by atomic mass is 35.5. The minimum absolute atomic E-state index is 0.162. The maximum absolute atomic E-state index is 14.4. The number of hydrogen-bond acceptors (Lipinski definition) is 5. The number of carbonyl (C=O) groups excluding carboxylic acids is 4. The van der Waals surface area contributed by atoms with E-state index in [4.69, 9.17) is 11.6 Å². The van der Waals surface area contributed by atoms with Crippen molar-refractivity contribution in [3.8, 4) is 0 Å². The van der Waals surface area contributed by atoms with E-state index < -0.39 is 23.4 Å². The van der Waals surface area contributed by atoms with Gasteiger partial charge in [0.1, 0.15) is 5.41 Å². The summed E-state index contributed by atoms with van der Waals surface area (Å²) < 4.78 is 0. The molecule has 1 spiro atoms. The maximum Gasteiger partial charge on any atom is 0.221 e. The van der Waals surface area contributed by atoms with Crippen LogP contribution in [-0.4, -0.2) is 35.3 Å². The van der Waals surface area contributed by atoms with Gasteiger partial charge >= 0.3 is 0 Å². The fourth-order valence-electron chi connectivity index (χ4n) is 6.49. The summed E-state index contributed by atoms with van der Waals surface area (Å²) >= 11 is 6.19. The molecule has 184 valence electrons. The Morgan fingerprint density at radius 1 is 0.892 bits per heavy atom. The van der Waals surface area contributed by atoms with Crippen molar-refractivity contribution >= 4 is 52.3 Å². The molecule has 0 radical (unpaired) electrons. The molecular formula is C30H23ClN2O4. The minimum atomic E-state index is -1.54. The number of anilines is 2. The molecule has 0 saturated carbocycles. The van der Waals surface area contributed by atoms with Crippen molar-refractivity contribution in [3.05, 3.63) is 100 Å². The van der Waals surface area contributed by atoms with Crippen LogP contribution in [0.3, 0.4) is 0 Å². The van der Waals surface area contributed by atoms with E-state index in [0.717, 1.165) is 5.56 Å². The summed E-state index contributed by atoms with van der Waals surface area (Å²) in [7, 11) is 0. The molecule has 2 aliphatic heterocycles. The summed E-state index contributed by atoms with van der Waals surface area (Å²) in [4.78, 5) is 56.0. The number of fused-ring (bicyclic) bond motifs is 5. The Morgan fingerprint density at radius 3 is 2.14 bits per heavy atom. The van der Waals surface area contributed by atoms with Gasteiger partial charge in [0, 0.05) is 40.2 Å². The van der Waals surface area contributed by atoms with Gasteiger partial charge in [-0.2, -0.15) is 0 Å². The average Bonchev–Trinajstić information content (AvgIpc) is 3.31. The molecular weight excluding hydrogens is 488 g/mol. The van der Waals surface area contributed by atoms with Gasteiger partial charge in [0.05, 0.1) is 17.8 Å². The van der Waals surface area contributed by atoms with Crippen LogP contribution in [0.25, 0.3) is 6.08 Å². The molecule has 3 aromatic rings. The van der Waals surface area contributed by atoms with Gasteiger partial charge in [0.25, 0.3) is 0 Å². The molecule has 3 aliphatic rings. The molecule has 2 heterocycles. The molecule has 3 atom stereocenters. The molecule has 6 rings (SSSR count). The van der Waals surface area contributed by atoms with E-state index in [-0.39, 0.29) is 23.3 Å². The highest BCUT2D eigenvalue weighted by molar-refractivity contribution is 6.32. The maximum atomic E-state index is 14.4. The van der Waals surface area contributed by atoms with Gasteiger partial charge in [-0.3, -0.25) is 19.2 Å². The van der Waals surface area contributed by atoms with Gasteiger partial charge < -0.3 is 10.2 Å². The van der Waals surface area contributed by atoms with Crippen molar-refractivity contribution in [1.29, 1.82) is 0 Å². The lowest BCUT2D eigenvalue weighted by Crippen LogP contribution is -2.48. The zero-order valence-electron chi connectivity index (χ0n) is 20.2. The Bertz CT molecular complexity index is 1510. The smallest absolute Gasteiger partial charge is 0.221 e. The van der Waals surface area contributed by atoms with Crippen LogP contribution < -0.4 is 10.2 Å². The highest BCUT2D eigenvalue weighted by Gasteiger charge is 2.71. The molecule has 7 heteroatoms. The molecule has 1 saturated heterocycles. The largest absolute Gasteiger partial charge is 0.352 e. The number of ketones is 3. The van der Waals surface area contributed by atoms with Gasteiger partial charge in [-0.05, 0) is 36.8 Å². The number of nitrogens with one attached hydrogen (secondary N) is 1. The van der Waals surface area contributed by atoms with E-state index in [0.29, 0.717) is 33.1 Å². The summed E-state index contributed by atoms with van der Waals surface area (Å²) in [5, 5.41) is 3.37. The third-order valence-corrected chi connectivity index (χ3v) is 8.05. The van der Waals surface area contributed by atoms with E-state index >= 15 is 0 Å². The number of amides is 1. The molecule has 0 unspecified atom stereocenters. The van der Waals surface area contributed by atoms with Crippen LogP contribution in [0.5, 0.6) is 0 Å². The molecule has 3 aromatic carbocycles. The van der Waals surface area contributed by atoms with E-state index in [9.17, 15) is 19.2 Å². The van der Waals surface area contributed by atoms with Crippen molar-refractivity contribution in [2.75, 3.05) is 10.2 Å². The summed E-state index contributed by atoms with van der Waals surface area (Å²) in [6.07, 6.45) is 3.68. The number of carbonyl (C=O) groups is 4. The first-order valence-electron chi connectivity index (χ1n) is 12.1. The van der Waals surface area contributed by atoms with E-state index in [1.807, 2.05) is 23.1 Å². The lowest BCUT2D eigenvalue weighted by atomic mass is 9.64. The van der Waals surface area contributed by atoms with Crippen molar-refractivity contribution < 1.29 is 19.2 Å². The molecule has 37 heavy (non-hydrogen) atoms. The lowest BCUT2D eigenvalue weighted by Gasteiger charge is -2.37. The second kappa shape index (κ2) is 8.25. The lowest BCUT2D eigenvalue weighted by molar-refractivity contribution is -0.118. The number of hydrogen-bond donors (Lipinski definition) is 1. The summed E-state index contributed by atoms with van der Waals surface area (Å²) in [5.74, 6) is -1.69. The standard InChI is InChI=1S/C30H23ClN2O4/c1-16(34)27-26(18-10-12-19(31)13-11-18)30(28(36)20-6-3-4-7-21(20)29(30)37)25-15-14-22-23(32-17(2)35)8-5-9-24(22)33(25)27/h3-15,25-27H,1-2H3,(H,32,35)/t25-,26+,27-/m1/s1. The topological polar surface area (TPSA) is 83.6 Å². The first-order valence-corrected chi connectivity index (χ1v) is 12.5. The number of benzene rings is 3. The Kier molecular flexibility index (Phi) is 5.21. The van der Waals surface area contributed by atoms with E-state index in [1.165, 1.54) is 13.8 Å². The predicted molar refractivity (Wildman–Crippen MR) is 142 cm³/mol. The molecule has 1 amide bonds. The second-order valence-electron chi connectivity index (χ2n) is 9.79. The number of nitrogens with zero attached hydrogens (tertiary/aromatic N) is 1. The fraction of sp³-hybridized carbons (Fsp3) is 0.200. The Balaban J connectivity index is 1.65. The van der Waals surface area contributed by atoms with Crippen LogP contribution in [0.15, 0.2) is 72.8 Å². The number of rotatable bonds is 3. The molecule has 1 aliphatic carbocycles. The predicted octanol–water partition coefficient (Wildman–Crippen LogP) is 5.32. The SMILES string of the molecule is CC(=O)Nc1cccc2c1C=C[C@H]1N2[C@H](C(C)=O)[C@H](c2ccc(Cl)cc2)C12C(=O)c1ccccc1C2=O. The fourth-order valence-corrected chi connectivity index (χ4v) is 6.62. The van der Waals surface area contributed by atoms with Crippen molar-refractivity contribution in [3.63, 3.8) is 0 Å². The van der Waals surface area contributed by atoms with Crippen LogP contribution in [0.4, 0.5) is 11.4 Å². The molecule has 0 bridgehead atoms. The van der Waals surface area contributed by atoms with Gasteiger partial charge in [-0.25, -0.2) is 0 Å². The summed E-state index contributed by atoms with van der Waals surface area (Å²) in [6.45, 7) is 2.93. The zero-order chi connectivity index (χ0) is 26.1. The van der Waals surface area contributed by atoms with Crippen molar-refractivity contribution in [1.82, 2.24) is 0 Å². The van der Waals surface area contributed by atoms with Gasteiger partial charge in [-0.15, -0.1) is 0 Å². The third kappa shape index (κ3) is 3.12. The van der Waals surface area contributed by atoms with Crippen LogP contribution in [0.1, 0.15) is 51.6 Å². The van der Waals surface area contributed by atoms with E-state index in [1.54, 1.807) is 60.7 Å². The Labute approximate surface area is 218 Å². The first-order chi connectivity index (χ1) is 17.8. The van der Waals surface area contributed by atoms with Crippen LogP contribution >= 0.6 is 11.6 Å². The molecule has 6 nitrogen and oxygen atoms in total. The van der Waals surface area contributed by atoms with Gasteiger partial charge in [-0.1, -0.05) is 66.2 Å². The third-order valence-electron chi connectivity index (χ3n) is 7.80. The van der Waals surface area contributed by atoms with Crippen molar-refractivity contribution in [2.24, 2.45) is 5.41 Å². The minimum Gasteiger partial charge on any atom is -0.352 e. The second-order valence-corrected chi connectivity index (χ2v) is 10.2. The number of Topliss-reactive ketones (excluding diaryl/α,β-unsaturated/α-hetero) is 3. The average molecular weight is 511 g/mol. The highest BCUT2D eigenvalue weighted by Crippen LogP contribution is 2.61. The van der Waals surface area contributed by atoms with Crippen molar-refractivity contribution in [2.45, 2.75) is 31.8 Å². The van der Waals surface area contributed by atoms with Gasteiger partial charge in [0.15, 0.2) is 17.3 Å². The van der Waals surface area contributed by atoms with Crippen LogP contribution in [0.2, 0.25) is 5.02 Å². The number of halogens is 1. The Hall–Kier alpha value is -4.03. The van der Waals surface area contributed by atoms with Crippen LogP contribution in [-0.2, 0) is 9.59 Å². The molecule has 1 fully saturated rings. The normalized spacial score (nSPS) is 22.6. The first kappa shape index (κ1) is 23.4. The quantitative estimate of drug-likeness (QED) is 0.482. The zero-order valence-corrected chi connectivity index (χ0v) is 21.0. The van der Waals surface area contributed by atoms with Gasteiger partial charge in [0.2, 0.25) is 5.91 Å². The molecule has 0 aromatic heterocycles. The van der Waals surface area contributed by atoms with Crippen LogP contribution in [0, 0.1) is 5.41 Å².